The highest BCUT2D eigenvalue weighted by atomic mass is 16.5. The van der Waals surface area contributed by atoms with Gasteiger partial charge in [-0.3, -0.25) is 5.32 Å². The summed E-state index contributed by atoms with van der Waals surface area (Å²) < 4.78 is 14.9. The summed E-state index contributed by atoms with van der Waals surface area (Å²) in [6.07, 6.45) is -0.613. The number of carbonyl (C=O) groups excluding carboxylic acids is 2. The molecule has 6 nitrogen and oxygen atoms in total. The minimum absolute atomic E-state index is 0.162. The molecule has 0 bridgehead atoms. The van der Waals surface area contributed by atoms with Crippen LogP contribution in [0, 0.1) is 0 Å². The molecule has 0 aliphatic heterocycles. The lowest BCUT2D eigenvalue weighted by molar-refractivity contribution is 0.0600. The maximum Gasteiger partial charge on any atom is 0.412 e. The number of hydrogen-bond acceptors (Lipinski definition) is 5. The minimum atomic E-state index is -0.613. The second-order valence-electron chi connectivity index (χ2n) is 4.59. The van der Waals surface area contributed by atoms with Crippen molar-refractivity contribution in [2.45, 2.75) is 6.61 Å². The Hall–Kier alpha value is -3.02. The molecule has 0 aromatic heterocycles. The molecule has 0 aliphatic carbocycles. The summed E-state index contributed by atoms with van der Waals surface area (Å²) in [4.78, 5) is 23.3. The zero-order valence-electron chi connectivity index (χ0n) is 12.9. The monoisotopic (exact) mass is 315 g/mol. The number of ether oxygens (including phenoxy) is 3. The number of amides is 1. The lowest BCUT2D eigenvalue weighted by Crippen LogP contribution is -2.14. The van der Waals surface area contributed by atoms with Crippen LogP contribution in [0.2, 0.25) is 0 Å². The molecule has 0 heterocycles. The Bertz CT molecular complexity index is 685. The predicted octanol–water partition coefficient (Wildman–Crippen LogP) is 3.23. The number of methoxy groups -OCH3 is 2. The number of benzene rings is 2. The summed E-state index contributed by atoms with van der Waals surface area (Å²) in [6.45, 7) is 0.162. The zero-order valence-corrected chi connectivity index (χ0v) is 12.9. The van der Waals surface area contributed by atoms with Gasteiger partial charge < -0.3 is 14.2 Å². The van der Waals surface area contributed by atoms with Crippen LogP contribution in [0.5, 0.6) is 5.75 Å². The Balaban J connectivity index is 2.01. The molecule has 0 saturated heterocycles. The summed E-state index contributed by atoms with van der Waals surface area (Å²) in [7, 11) is 2.73. The Kier molecular flexibility index (Phi) is 5.57. The van der Waals surface area contributed by atoms with Crippen LogP contribution in [0.4, 0.5) is 10.5 Å². The van der Waals surface area contributed by atoms with E-state index in [0.717, 1.165) is 5.56 Å². The quantitative estimate of drug-likeness (QED) is 0.858. The van der Waals surface area contributed by atoms with Crippen LogP contribution in [-0.2, 0) is 16.1 Å². The summed E-state index contributed by atoms with van der Waals surface area (Å²) in [5.74, 6) is -0.147. The smallest absolute Gasteiger partial charge is 0.412 e. The molecule has 23 heavy (non-hydrogen) atoms. The molecule has 1 N–H and O–H groups in total. The van der Waals surface area contributed by atoms with Crippen molar-refractivity contribution in [3.8, 4) is 5.75 Å². The first-order chi connectivity index (χ1) is 11.1. The maximum absolute atomic E-state index is 11.8. The molecular weight excluding hydrogens is 298 g/mol. The molecular formula is C17H17NO5. The van der Waals surface area contributed by atoms with E-state index in [1.807, 2.05) is 30.3 Å². The number of carbonyl (C=O) groups is 2. The highest BCUT2D eigenvalue weighted by molar-refractivity contribution is 5.92. The molecule has 0 radical (unpaired) electrons. The molecule has 2 rings (SSSR count). The van der Waals surface area contributed by atoms with Crippen molar-refractivity contribution < 1.29 is 23.8 Å². The average molecular weight is 315 g/mol. The topological polar surface area (TPSA) is 73.9 Å². The number of rotatable bonds is 5. The third-order valence-electron chi connectivity index (χ3n) is 3.07. The van der Waals surface area contributed by atoms with E-state index in [1.54, 1.807) is 6.07 Å². The van der Waals surface area contributed by atoms with E-state index in [0.29, 0.717) is 17.0 Å². The van der Waals surface area contributed by atoms with Gasteiger partial charge in [0.15, 0.2) is 0 Å². The Morgan fingerprint density at radius 2 is 1.78 bits per heavy atom. The minimum Gasteiger partial charge on any atom is -0.495 e. The number of nitrogens with one attached hydrogen (secondary N) is 1. The van der Waals surface area contributed by atoms with E-state index in [9.17, 15) is 9.59 Å². The number of anilines is 1. The molecule has 0 saturated carbocycles. The number of hydrogen-bond donors (Lipinski definition) is 1. The molecule has 1 amide bonds. The largest absolute Gasteiger partial charge is 0.495 e. The second kappa shape index (κ2) is 7.84. The average Bonchev–Trinajstić information content (AvgIpc) is 2.60. The lowest BCUT2D eigenvalue weighted by atomic mass is 10.2. The van der Waals surface area contributed by atoms with Gasteiger partial charge in [-0.2, -0.15) is 0 Å². The fourth-order valence-corrected chi connectivity index (χ4v) is 1.91. The van der Waals surface area contributed by atoms with Crippen LogP contribution < -0.4 is 10.1 Å². The van der Waals surface area contributed by atoms with Gasteiger partial charge in [-0.15, -0.1) is 0 Å². The van der Waals surface area contributed by atoms with Crippen molar-refractivity contribution in [2.75, 3.05) is 19.5 Å². The van der Waals surface area contributed by atoms with Crippen molar-refractivity contribution in [1.29, 1.82) is 0 Å². The third kappa shape index (κ3) is 4.47. The van der Waals surface area contributed by atoms with Gasteiger partial charge in [0.25, 0.3) is 0 Å². The van der Waals surface area contributed by atoms with Gasteiger partial charge in [0, 0.05) is 0 Å². The highest BCUT2D eigenvalue weighted by Gasteiger charge is 2.13. The summed E-state index contributed by atoms with van der Waals surface area (Å²) in [5, 5.41) is 2.58. The van der Waals surface area contributed by atoms with Gasteiger partial charge in [-0.1, -0.05) is 30.3 Å². The Morgan fingerprint density at radius 1 is 1.04 bits per heavy atom. The van der Waals surface area contributed by atoms with E-state index in [2.05, 4.69) is 10.1 Å². The first-order valence-electron chi connectivity index (χ1n) is 6.88. The summed E-state index contributed by atoms with van der Waals surface area (Å²) in [5.41, 5.74) is 1.61. The van der Waals surface area contributed by atoms with Gasteiger partial charge in [0.05, 0.1) is 25.5 Å². The molecule has 120 valence electrons. The van der Waals surface area contributed by atoms with Gasteiger partial charge in [0.2, 0.25) is 0 Å². The van der Waals surface area contributed by atoms with Gasteiger partial charge >= 0.3 is 12.1 Å². The van der Waals surface area contributed by atoms with Crippen LogP contribution in [0.15, 0.2) is 48.5 Å². The maximum atomic E-state index is 11.8. The zero-order chi connectivity index (χ0) is 16.7. The molecule has 0 unspecified atom stereocenters. The van der Waals surface area contributed by atoms with E-state index in [1.165, 1.54) is 26.4 Å². The SMILES string of the molecule is COC(=O)c1ccc(NC(=O)OCc2ccccc2)c(OC)c1. The molecule has 2 aromatic carbocycles. The standard InChI is InChI=1S/C17H17NO5/c1-21-15-10-13(16(19)22-2)8-9-14(15)18-17(20)23-11-12-6-4-3-5-7-12/h3-10H,11H2,1-2H3,(H,18,20). The van der Waals surface area contributed by atoms with Gasteiger partial charge in [-0.25, -0.2) is 9.59 Å². The fraction of sp³-hybridized carbons (Fsp3) is 0.176. The van der Waals surface area contributed by atoms with Crippen LogP contribution in [-0.4, -0.2) is 26.3 Å². The fourth-order valence-electron chi connectivity index (χ4n) is 1.91. The lowest BCUT2D eigenvalue weighted by Gasteiger charge is -2.11. The van der Waals surface area contributed by atoms with Crippen LogP contribution >= 0.6 is 0 Å². The van der Waals surface area contributed by atoms with E-state index >= 15 is 0 Å². The van der Waals surface area contributed by atoms with E-state index in [-0.39, 0.29) is 6.61 Å². The molecule has 6 heteroatoms. The van der Waals surface area contributed by atoms with Crippen molar-refractivity contribution >= 4 is 17.7 Å². The highest BCUT2D eigenvalue weighted by Crippen LogP contribution is 2.26. The Morgan fingerprint density at radius 3 is 2.43 bits per heavy atom. The molecule has 0 aliphatic rings. The second-order valence-corrected chi connectivity index (χ2v) is 4.59. The normalized spacial score (nSPS) is 9.83. The third-order valence-corrected chi connectivity index (χ3v) is 3.07. The van der Waals surface area contributed by atoms with Gasteiger partial charge in [-0.05, 0) is 23.8 Å². The van der Waals surface area contributed by atoms with Crippen molar-refractivity contribution in [2.24, 2.45) is 0 Å². The van der Waals surface area contributed by atoms with Crippen molar-refractivity contribution in [3.63, 3.8) is 0 Å². The van der Waals surface area contributed by atoms with Gasteiger partial charge in [0.1, 0.15) is 12.4 Å². The van der Waals surface area contributed by atoms with Crippen LogP contribution in [0.3, 0.4) is 0 Å². The first-order valence-corrected chi connectivity index (χ1v) is 6.88. The van der Waals surface area contributed by atoms with E-state index < -0.39 is 12.1 Å². The summed E-state index contributed by atoms with van der Waals surface area (Å²) in [6, 6.07) is 13.9. The number of esters is 1. The van der Waals surface area contributed by atoms with Crippen LogP contribution in [0.1, 0.15) is 15.9 Å². The summed E-state index contributed by atoms with van der Waals surface area (Å²) >= 11 is 0. The first kappa shape index (κ1) is 16.4. The predicted molar refractivity (Wildman–Crippen MR) is 84.6 cm³/mol. The van der Waals surface area contributed by atoms with E-state index in [4.69, 9.17) is 9.47 Å². The van der Waals surface area contributed by atoms with Crippen LogP contribution in [0.25, 0.3) is 0 Å². The Labute approximate surface area is 134 Å². The van der Waals surface area contributed by atoms with Crippen molar-refractivity contribution in [1.82, 2.24) is 0 Å². The molecule has 2 aromatic rings. The van der Waals surface area contributed by atoms with Crippen molar-refractivity contribution in [3.05, 3.63) is 59.7 Å². The molecule has 0 atom stereocenters. The molecule has 0 fully saturated rings. The molecule has 0 spiro atoms.